The Bertz CT molecular complexity index is 360. The molecule has 0 aliphatic heterocycles. The van der Waals surface area contributed by atoms with Crippen molar-refractivity contribution in [3.63, 3.8) is 0 Å². The maximum atomic E-state index is 12.2. The Labute approximate surface area is 159 Å². The van der Waals surface area contributed by atoms with Gasteiger partial charge in [-0.15, -0.1) is 0 Å². The van der Waals surface area contributed by atoms with Gasteiger partial charge in [0.15, 0.2) is 0 Å². The first-order valence-electron chi connectivity index (χ1n) is 10.1. The Balaban J connectivity index is 3.98. The minimum atomic E-state index is -0.668. The van der Waals surface area contributed by atoms with Crippen LogP contribution in [0.2, 0.25) is 0 Å². The Hall–Kier alpha value is -1.30. The van der Waals surface area contributed by atoms with Gasteiger partial charge in [0.2, 0.25) is 0 Å². The van der Waals surface area contributed by atoms with Crippen LogP contribution in [0.25, 0.3) is 0 Å². The molecule has 0 fully saturated rings. The van der Waals surface area contributed by atoms with Gasteiger partial charge in [-0.25, -0.2) is 9.59 Å². The van der Waals surface area contributed by atoms with Crippen LogP contribution in [0.1, 0.15) is 78.6 Å². The van der Waals surface area contributed by atoms with Gasteiger partial charge in [0.1, 0.15) is 12.6 Å². The van der Waals surface area contributed by atoms with Crippen molar-refractivity contribution in [2.45, 2.75) is 84.6 Å². The molecule has 0 radical (unpaired) electrons. The molecule has 0 spiro atoms. The molecule has 1 atom stereocenters. The number of carbonyl (C=O) groups is 2. The summed E-state index contributed by atoms with van der Waals surface area (Å²) in [6.07, 6.45) is 9.46. The number of carbonyl (C=O) groups excluding carboxylic acids is 2. The molecule has 0 aromatic rings. The van der Waals surface area contributed by atoms with Gasteiger partial charge in [-0.1, -0.05) is 65.7 Å². The molecule has 0 heterocycles. The molecule has 154 valence electrons. The van der Waals surface area contributed by atoms with Crippen molar-refractivity contribution in [1.82, 2.24) is 5.32 Å². The molecule has 1 amide bonds. The third-order valence-electron chi connectivity index (χ3n) is 4.05. The summed E-state index contributed by atoms with van der Waals surface area (Å²) < 4.78 is 15.1. The second kappa shape index (κ2) is 17.1. The highest BCUT2D eigenvalue weighted by molar-refractivity contribution is 5.81. The van der Waals surface area contributed by atoms with Gasteiger partial charge in [-0.05, 0) is 18.8 Å². The number of hydrogen-bond acceptors (Lipinski definition) is 5. The number of rotatable bonds is 16. The number of nitrogens with one attached hydrogen (secondary N) is 1. The van der Waals surface area contributed by atoms with E-state index in [1.807, 2.05) is 13.8 Å². The fourth-order valence-electron chi connectivity index (χ4n) is 2.60. The third kappa shape index (κ3) is 15.0. The standard InChI is InChI=1S/C20H39NO5/c1-5-6-7-8-9-10-11-12-13-25-19(22)18(16-17(2)3)21-20(23)26-15-14-24-4/h17-18H,5-16H2,1-4H3,(H,21,23). The molecule has 26 heavy (non-hydrogen) atoms. The SMILES string of the molecule is CCCCCCCCCCOC(=O)C(CC(C)C)NC(=O)OCCOC. The zero-order valence-electron chi connectivity index (χ0n) is 17.2. The second-order valence-electron chi connectivity index (χ2n) is 7.10. The highest BCUT2D eigenvalue weighted by atomic mass is 16.6. The van der Waals surface area contributed by atoms with Gasteiger partial charge in [-0.2, -0.15) is 0 Å². The van der Waals surface area contributed by atoms with Gasteiger partial charge in [0, 0.05) is 7.11 Å². The maximum Gasteiger partial charge on any atom is 0.407 e. The van der Waals surface area contributed by atoms with Crippen LogP contribution in [0.3, 0.4) is 0 Å². The molecule has 0 rings (SSSR count). The van der Waals surface area contributed by atoms with Crippen molar-refractivity contribution in [2.24, 2.45) is 5.92 Å². The molecule has 0 aromatic heterocycles. The van der Waals surface area contributed by atoms with E-state index in [1.54, 1.807) is 0 Å². The summed E-state index contributed by atoms with van der Waals surface area (Å²) in [5, 5.41) is 2.60. The smallest absolute Gasteiger partial charge is 0.407 e. The average molecular weight is 374 g/mol. The number of esters is 1. The number of amides is 1. The molecule has 0 aromatic carbocycles. The Morgan fingerprint density at radius 2 is 1.46 bits per heavy atom. The zero-order valence-corrected chi connectivity index (χ0v) is 17.2. The lowest BCUT2D eigenvalue weighted by atomic mass is 10.0. The minimum Gasteiger partial charge on any atom is -0.464 e. The first-order valence-corrected chi connectivity index (χ1v) is 10.1. The van der Waals surface area contributed by atoms with E-state index in [0.717, 1.165) is 12.8 Å². The molecule has 0 bridgehead atoms. The fourth-order valence-corrected chi connectivity index (χ4v) is 2.60. The van der Waals surface area contributed by atoms with E-state index < -0.39 is 12.1 Å². The van der Waals surface area contributed by atoms with Crippen LogP contribution in [0, 0.1) is 5.92 Å². The van der Waals surface area contributed by atoms with Gasteiger partial charge in [0.05, 0.1) is 13.2 Å². The Morgan fingerprint density at radius 1 is 0.846 bits per heavy atom. The number of alkyl carbamates (subject to hydrolysis) is 1. The van der Waals surface area contributed by atoms with E-state index in [9.17, 15) is 9.59 Å². The number of ether oxygens (including phenoxy) is 3. The summed E-state index contributed by atoms with van der Waals surface area (Å²) in [4.78, 5) is 24.0. The van der Waals surface area contributed by atoms with Crippen LogP contribution < -0.4 is 5.32 Å². The van der Waals surface area contributed by atoms with Crippen LogP contribution in [0.4, 0.5) is 4.79 Å². The van der Waals surface area contributed by atoms with E-state index in [-0.39, 0.29) is 18.5 Å². The number of methoxy groups -OCH3 is 1. The Kier molecular flexibility index (Phi) is 16.3. The van der Waals surface area contributed by atoms with Crippen LogP contribution in [-0.2, 0) is 19.0 Å². The normalized spacial score (nSPS) is 12.0. The van der Waals surface area contributed by atoms with Crippen LogP contribution in [0.15, 0.2) is 0 Å². The molecule has 1 unspecified atom stereocenters. The first-order chi connectivity index (χ1) is 12.5. The summed E-state index contributed by atoms with van der Waals surface area (Å²) in [6, 6.07) is -0.668. The van der Waals surface area contributed by atoms with E-state index in [0.29, 0.717) is 19.6 Å². The monoisotopic (exact) mass is 373 g/mol. The lowest BCUT2D eigenvalue weighted by Gasteiger charge is -2.19. The molecule has 0 saturated carbocycles. The summed E-state index contributed by atoms with van der Waals surface area (Å²) in [5.74, 6) is -0.125. The third-order valence-corrected chi connectivity index (χ3v) is 4.05. The second-order valence-corrected chi connectivity index (χ2v) is 7.10. The maximum absolute atomic E-state index is 12.2. The summed E-state index contributed by atoms with van der Waals surface area (Å²) >= 11 is 0. The minimum absolute atomic E-state index is 0.157. The van der Waals surface area contributed by atoms with Crippen LogP contribution >= 0.6 is 0 Å². The highest BCUT2D eigenvalue weighted by Crippen LogP contribution is 2.10. The predicted molar refractivity (Wildman–Crippen MR) is 103 cm³/mol. The largest absolute Gasteiger partial charge is 0.464 e. The van der Waals surface area contributed by atoms with Crippen molar-refractivity contribution >= 4 is 12.1 Å². The molecule has 6 heteroatoms. The van der Waals surface area contributed by atoms with E-state index >= 15 is 0 Å². The van der Waals surface area contributed by atoms with Crippen molar-refractivity contribution in [1.29, 1.82) is 0 Å². The van der Waals surface area contributed by atoms with Crippen molar-refractivity contribution < 1.29 is 23.8 Å². The summed E-state index contributed by atoms with van der Waals surface area (Å²) in [6.45, 7) is 7.10. The quantitative estimate of drug-likeness (QED) is 0.319. The predicted octanol–water partition coefficient (Wildman–Crippen LogP) is 4.46. The van der Waals surface area contributed by atoms with Gasteiger partial charge in [-0.3, -0.25) is 0 Å². The molecule has 0 aliphatic carbocycles. The molecular weight excluding hydrogens is 334 g/mol. The lowest BCUT2D eigenvalue weighted by molar-refractivity contribution is -0.146. The summed E-state index contributed by atoms with van der Waals surface area (Å²) in [7, 11) is 1.53. The van der Waals surface area contributed by atoms with Crippen molar-refractivity contribution in [3.05, 3.63) is 0 Å². The van der Waals surface area contributed by atoms with Gasteiger partial charge >= 0.3 is 12.1 Å². The zero-order chi connectivity index (χ0) is 19.6. The highest BCUT2D eigenvalue weighted by Gasteiger charge is 2.23. The van der Waals surface area contributed by atoms with E-state index in [4.69, 9.17) is 14.2 Å². The number of hydrogen-bond donors (Lipinski definition) is 1. The molecule has 0 saturated heterocycles. The first kappa shape index (κ1) is 24.7. The molecular formula is C20H39NO5. The van der Waals surface area contributed by atoms with E-state index in [1.165, 1.54) is 45.6 Å². The van der Waals surface area contributed by atoms with Gasteiger partial charge in [0.25, 0.3) is 0 Å². The number of unbranched alkanes of at least 4 members (excludes halogenated alkanes) is 7. The van der Waals surface area contributed by atoms with Gasteiger partial charge < -0.3 is 19.5 Å². The van der Waals surface area contributed by atoms with Crippen molar-refractivity contribution in [3.8, 4) is 0 Å². The van der Waals surface area contributed by atoms with Crippen LogP contribution in [0.5, 0.6) is 0 Å². The van der Waals surface area contributed by atoms with Crippen molar-refractivity contribution in [2.75, 3.05) is 26.9 Å². The van der Waals surface area contributed by atoms with Crippen LogP contribution in [-0.4, -0.2) is 45.0 Å². The van der Waals surface area contributed by atoms with E-state index in [2.05, 4.69) is 12.2 Å². The molecule has 0 aliphatic rings. The lowest BCUT2D eigenvalue weighted by Crippen LogP contribution is -2.43. The Morgan fingerprint density at radius 3 is 2.04 bits per heavy atom. The summed E-state index contributed by atoms with van der Waals surface area (Å²) in [5.41, 5.74) is 0. The average Bonchev–Trinajstić information content (AvgIpc) is 2.59. The molecule has 1 N–H and O–H groups in total. The topological polar surface area (TPSA) is 73.9 Å². The fraction of sp³-hybridized carbons (Fsp3) is 0.900. The molecule has 6 nitrogen and oxygen atoms in total.